The maximum atomic E-state index is 12.0. The van der Waals surface area contributed by atoms with Crippen LogP contribution in [0.5, 0.6) is 0 Å². The summed E-state index contributed by atoms with van der Waals surface area (Å²) in [4.78, 5) is 20.4. The summed E-state index contributed by atoms with van der Waals surface area (Å²) in [5, 5.41) is 6.73. The first kappa shape index (κ1) is 27.6. The first-order valence-corrected chi connectivity index (χ1v) is 11.9. The fourth-order valence-electron chi connectivity index (χ4n) is 4.25. The summed E-state index contributed by atoms with van der Waals surface area (Å²) in [6.45, 7) is 6.81. The first-order chi connectivity index (χ1) is 15.1. The van der Waals surface area contributed by atoms with E-state index in [9.17, 15) is 4.79 Å². The van der Waals surface area contributed by atoms with E-state index in [1.54, 1.807) is 19.0 Å². The number of rotatable bonds is 8. The lowest BCUT2D eigenvalue weighted by molar-refractivity contribution is -0.175. The summed E-state index contributed by atoms with van der Waals surface area (Å²) >= 11 is 0. The maximum absolute atomic E-state index is 12.0. The van der Waals surface area contributed by atoms with Crippen LogP contribution in [0.4, 0.5) is 0 Å². The summed E-state index contributed by atoms with van der Waals surface area (Å²) in [6, 6.07) is 0. The zero-order valence-electron chi connectivity index (χ0n) is 19.8. The molecule has 0 aromatic carbocycles. The van der Waals surface area contributed by atoms with Crippen molar-refractivity contribution in [1.82, 2.24) is 20.4 Å². The number of morpholine rings is 1. The fraction of sp³-hybridized carbons (Fsp3) is 0.909. The Morgan fingerprint density at radius 1 is 1.12 bits per heavy atom. The van der Waals surface area contributed by atoms with Gasteiger partial charge < -0.3 is 29.7 Å². The topological polar surface area (TPSA) is 87.7 Å². The Morgan fingerprint density at radius 2 is 1.84 bits per heavy atom. The van der Waals surface area contributed by atoms with E-state index in [1.807, 2.05) is 0 Å². The Hall–Kier alpha value is -0.690. The van der Waals surface area contributed by atoms with Crippen molar-refractivity contribution in [1.29, 1.82) is 0 Å². The Bertz CT molecular complexity index is 579. The smallest absolute Gasteiger partial charge is 0.243 e. The molecule has 0 aromatic rings. The normalized spacial score (nSPS) is 23.9. The molecule has 0 aromatic heterocycles. The van der Waals surface area contributed by atoms with E-state index >= 15 is 0 Å². The van der Waals surface area contributed by atoms with Crippen LogP contribution in [0.25, 0.3) is 0 Å². The summed E-state index contributed by atoms with van der Waals surface area (Å²) in [6.07, 6.45) is 7.86. The number of carbonyl (C=O) groups is 1. The third-order valence-corrected chi connectivity index (χ3v) is 6.19. The predicted molar refractivity (Wildman–Crippen MR) is 136 cm³/mol. The lowest BCUT2D eigenvalue weighted by Crippen LogP contribution is -2.44. The van der Waals surface area contributed by atoms with Crippen LogP contribution in [0.1, 0.15) is 44.9 Å². The van der Waals surface area contributed by atoms with E-state index in [-0.39, 0.29) is 48.3 Å². The second kappa shape index (κ2) is 14.5. The van der Waals surface area contributed by atoms with Crippen molar-refractivity contribution in [3.05, 3.63) is 0 Å². The van der Waals surface area contributed by atoms with Crippen molar-refractivity contribution in [2.24, 2.45) is 4.99 Å². The molecule has 3 rings (SSSR count). The molecule has 3 fully saturated rings. The van der Waals surface area contributed by atoms with Gasteiger partial charge in [0.15, 0.2) is 11.7 Å². The van der Waals surface area contributed by atoms with Gasteiger partial charge in [-0.25, -0.2) is 4.99 Å². The predicted octanol–water partition coefficient (Wildman–Crippen LogP) is 1.42. The van der Waals surface area contributed by atoms with Gasteiger partial charge in [-0.05, 0) is 25.8 Å². The monoisotopic (exact) mass is 567 g/mol. The zero-order valence-corrected chi connectivity index (χ0v) is 22.1. The third-order valence-electron chi connectivity index (χ3n) is 6.19. The largest absolute Gasteiger partial charge is 0.379 e. The van der Waals surface area contributed by atoms with Gasteiger partial charge in [0, 0.05) is 53.1 Å². The number of hydrogen-bond donors (Lipinski definition) is 2. The van der Waals surface area contributed by atoms with E-state index in [0.717, 1.165) is 58.7 Å². The van der Waals surface area contributed by atoms with Crippen LogP contribution >= 0.6 is 24.0 Å². The van der Waals surface area contributed by atoms with Gasteiger partial charge in [-0.3, -0.25) is 9.69 Å². The molecule has 1 unspecified atom stereocenters. The van der Waals surface area contributed by atoms with Crippen molar-refractivity contribution in [3.8, 4) is 0 Å². The van der Waals surface area contributed by atoms with Crippen molar-refractivity contribution < 1.29 is 19.0 Å². The van der Waals surface area contributed by atoms with Gasteiger partial charge >= 0.3 is 0 Å². The molecule has 2 aliphatic heterocycles. The number of hydrogen-bond acceptors (Lipinski definition) is 6. The molecule has 3 aliphatic rings. The van der Waals surface area contributed by atoms with Crippen molar-refractivity contribution >= 4 is 35.8 Å². The number of guanidine groups is 1. The van der Waals surface area contributed by atoms with E-state index in [2.05, 4.69) is 20.5 Å². The van der Waals surface area contributed by atoms with Crippen LogP contribution in [-0.2, 0) is 19.0 Å². The number of nitrogens with one attached hydrogen (secondary N) is 2. The van der Waals surface area contributed by atoms with Crippen molar-refractivity contribution in [2.75, 3.05) is 73.2 Å². The number of likely N-dealkylation sites (N-methyl/N-ethyl adjacent to an activating group) is 1. The minimum absolute atomic E-state index is 0. The number of amides is 1. The van der Waals surface area contributed by atoms with Gasteiger partial charge in [0.25, 0.3) is 0 Å². The van der Waals surface area contributed by atoms with Crippen LogP contribution in [0.2, 0.25) is 0 Å². The second-order valence-electron chi connectivity index (χ2n) is 8.94. The fourth-order valence-corrected chi connectivity index (χ4v) is 4.25. The Kier molecular flexibility index (Phi) is 12.5. The molecule has 10 heteroatoms. The van der Waals surface area contributed by atoms with Crippen LogP contribution in [0, 0.1) is 0 Å². The third kappa shape index (κ3) is 9.28. The summed E-state index contributed by atoms with van der Waals surface area (Å²) in [5.74, 6) is 0.252. The minimum atomic E-state index is -0.382. The van der Waals surface area contributed by atoms with E-state index in [1.165, 1.54) is 25.7 Å². The van der Waals surface area contributed by atoms with Gasteiger partial charge in [-0.15, -0.1) is 24.0 Å². The molecule has 32 heavy (non-hydrogen) atoms. The Labute approximate surface area is 210 Å². The Balaban J connectivity index is 0.00000363. The van der Waals surface area contributed by atoms with Crippen molar-refractivity contribution in [3.63, 3.8) is 0 Å². The molecule has 1 spiro atoms. The molecule has 2 heterocycles. The second-order valence-corrected chi connectivity index (χ2v) is 8.94. The molecule has 0 bridgehead atoms. The number of aliphatic imine (C=N–C) groups is 1. The molecule has 2 N–H and O–H groups in total. The SMILES string of the molecule is CN(C)C(=O)CN=C(NCCCN1CCOCC1)NCC1COC2(CCCCCC2)O1.I. The Morgan fingerprint density at radius 3 is 2.53 bits per heavy atom. The number of halogens is 1. The molecule has 1 amide bonds. The number of carbonyl (C=O) groups excluding carboxylic acids is 1. The summed E-state index contributed by atoms with van der Waals surface area (Å²) in [5.41, 5.74) is 0. The number of ether oxygens (including phenoxy) is 3. The average molecular weight is 568 g/mol. The van der Waals surface area contributed by atoms with Gasteiger partial charge in [0.05, 0.1) is 19.8 Å². The molecule has 186 valence electrons. The zero-order chi connectivity index (χ0) is 21.9. The van der Waals surface area contributed by atoms with Crippen LogP contribution < -0.4 is 10.6 Å². The van der Waals surface area contributed by atoms with Crippen LogP contribution in [0.15, 0.2) is 4.99 Å². The lowest BCUT2D eigenvalue weighted by atomic mass is 10.1. The van der Waals surface area contributed by atoms with Gasteiger partial charge in [-0.2, -0.15) is 0 Å². The first-order valence-electron chi connectivity index (χ1n) is 11.9. The highest BCUT2D eigenvalue weighted by molar-refractivity contribution is 14.0. The highest BCUT2D eigenvalue weighted by atomic mass is 127. The average Bonchev–Trinajstić information content (AvgIpc) is 3.03. The maximum Gasteiger partial charge on any atom is 0.243 e. The summed E-state index contributed by atoms with van der Waals surface area (Å²) in [7, 11) is 3.49. The molecular formula is C22H42IN5O4. The van der Waals surface area contributed by atoms with Crippen molar-refractivity contribution in [2.45, 2.75) is 56.8 Å². The molecule has 1 aliphatic carbocycles. The molecule has 1 saturated carbocycles. The standard InChI is InChI=1S/C22H41N5O4.HI/c1-26(2)20(28)17-25-21(23-10-7-11-27-12-14-29-15-13-27)24-16-19-18-30-22(31-19)8-5-3-4-6-9-22;/h19H,3-18H2,1-2H3,(H2,23,24,25);1H. The quantitative estimate of drug-likeness (QED) is 0.199. The van der Waals surface area contributed by atoms with E-state index < -0.39 is 0 Å². The minimum Gasteiger partial charge on any atom is -0.379 e. The molecule has 1 atom stereocenters. The van der Waals surface area contributed by atoms with Gasteiger partial charge in [0.1, 0.15) is 12.6 Å². The lowest BCUT2D eigenvalue weighted by Gasteiger charge is -2.27. The summed E-state index contributed by atoms with van der Waals surface area (Å²) < 4.78 is 17.8. The molecule has 9 nitrogen and oxygen atoms in total. The highest BCUT2D eigenvalue weighted by Gasteiger charge is 2.41. The molecular weight excluding hydrogens is 525 g/mol. The number of nitrogens with zero attached hydrogens (tertiary/aromatic N) is 3. The molecule has 0 radical (unpaired) electrons. The van der Waals surface area contributed by atoms with Gasteiger partial charge in [0.2, 0.25) is 5.91 Å². The van der Waals surface area contributed by atoms with Crippen LogP contribution in [0.3, 0.4) is 0 Å². The molecule has 2 saturated heterocycles. The van der Waals surface area contributed by atoms with Crippen LogP contribution in [-0.4, -0.2) is 107 Å². The van der Waals surface area contributed by atoms with E-state index in [0.29, 0.717) is 19.1 Å². The van der Waals surface area contributed by atoms with E-state index in [4.69, 9.17) is 14.2 Å². The van der Waals surface area contributed by atoms with Gasteiger partial charge in [-0.1, -0.05) is 12.8 Å². The highest BCUT2D eigenvalue weighted by Crippen LogP contribution is 2.36.